The number of hydrogen-bond acceptors (Lipinski definition) is 1. The van der Waals surface area contributed by atoms with Gasteiger partial charge in [0.2, 0.25) is 0 Å². The smallest absolute Gasteiger partial charge is 0.0210 e. The topological polar surface area (TPSA) is 3.24 Å². The van der Waals surface area contributed by atoms with Crippen LogP contribution < -0.4 is 0 Å². The first-order valence-corrected chi connectivity index (χ1v) is 5.02. The van der Waals surface area contributed by atoms with Gasteiger partial charge in [0.25, 0.3) is 0 Å². The van der Waals surface area contributed by atoms with Gasteiger partial charge in [-0.25, -0.2) is 0 Å². The number of nitrogens with zero attached hydrogens (tertiary/aromatic N) is 1. The van der Waals surface area contributed by atoms with Crippen molar-refractivity contribution in [1.29, 1.82) is 0 Å². The van der Waals surface area contributed by atoms with Crippen LogP contribution in [0.3, 0.4) is 0 Å². The van der Waals surface area contributed by atoms with Crippen molar-refractivity contribution in [2.45, 2.75) is 45.1 Å². The zero-order valence-corrected chi connectivity index (χ0v) is 7.77. The molecule has 0 aromatic rings. The molecule has 2 heterocycles. The molecule has 0 N–H and O–H groups in total. The van der Waals surface area contributed by atoms with E-state index in [4.69, 9.17) is 0 Å². The Labute approximate surface area is 69.8 Å². The maximum absolute atomic E-state index is 2.73. The van der Waals surface area contributed by atoms with E-state index in [1.165, 1.54) is 38.8 Å². The molecule has 0 bridgehead atoms. The Balaban J connectivity index is 2.15. The lowest BCUT2D eigenvalue weighted by Crippen LogP contribution is -2.37. The summed E-state index contributed by atoms with van der Waals surface area (Å²) in [4.78, 5) is 2.73. The van der Waals surface area contributed by atoms with Crippen LogP contribution in [0.4, 0.5) is 0 Å². The van der Waals surface area contributed by atoms with Crippen molar-refractivity contribution in [2.24, 2.45) is 5.92 Å². The number of hydrogen-bond donors (Lipinski definition) is 0. The van der Waals surface area contributed by atoms with Crippen LogP contribution in [-0.2, 0) is 0 Å². The van der Waals surface area contributed by atoms with Gasteiger partial charge in [0.1, 0.15) is 0 Å². The molecule has 0 saturated carbocycles. The lowest BCUT2D eigenvalue weighted by molar-refractivity contribution is 0.189. The summed E-state index contributed by atoms with van der Waals surface area (Å²) >= 11 is 0. The van der Waals surface area contributed by atoms with E-state index >= 15 is 0 Å². The second kappa shape index (κ2) is 2.48. The Hall–Kier alpha value is -0.0400. The Morgan fingerprint density at radius 2 is 2.36 bits per heavy atom. The van der Waals surface area contributed by atoms with Crippen LogP contribution in [0, 0.1) is 5.92 Å². The van der Waals surface area contributed by atoms with Gasteiger partial charge < -0.3 is 0 Å². The zero-order valence-electron chi connectivity index (χ0n) is 7.77. The van der Waals surface area contributed by atoms with Crippen LogP contribution in [0.2, 0.25) is 0 Å². The van der Waals surface area contributed by atoms with Gasteiger partial charge in [0.05, 0.1) is 0 Å². The van der Waals surface area contributed by atoms with Crippen molar-refractivity contribution < 1.29 is 0 Å². The first kappa shape index (κ1) is 7.60. The monoisotopic (exact) mass is 153 g/mol. The lowest BCUT2D eigenvalue weighted by Gasteiger charge is -2.30. The minimum absolute atomic E-state index is 0.652. The second-order valence-corrected chi connectivity index (χ2v) is 4.44. The molecule has 2 rings (SSSR count). The third-order valence-corrected chi connectivity index (χ3v) is 3.66. The highest BCUT2D eigenvalue weighted by molar-refractivity contribution is 5.01. The SMILES string of the molecule is CC[C@]12CCCN1C[C@@H](C)C2. The first-order valence-electron chi connectivity index (χ1n) is 5.02. The molecule has 1 heteroatoms. The highest BCUT2D eigenvalue weighted by Crippen LogP contribution is 2.43. The molecule has 0 spiro atoms. The highest BCUT2D eigenvalue weighted by atomic mass is 15.2. The fourth-order valence-corrected chi connectivity index (χ4v) is 3.14. The summed E-state index contributed by atoms with van der Waals surface area (Å²) in [7, 11) is 0. The van der Waals surface area contributed by atoms with Crippen LogP contribution in [0.1, 0.15) is 39.5 Å². The maximum atomic E-state index is 2.73. The quantitative estimate of drug-likeness (QED) is 0.558. The third kappa shape index (κ3) is 1.01. The van der Waals surface area contributed by atoms with Crippen LogP contribution in [0.15, 0.2) is 0 Å². The predicted octanol–water partition coefficient (Wildman–Crippen LogP) is 2.27. The minimum Gasteiger partial charge on any atom is -0.297 e. The molecule has 1 nitrogen and oxygen atoms in total. The molecule has 0 aliphatic carbocycles. The van der Waals surface area contributed by atoms with Crippen molar-refractivity contribution in [3.05, 3.63) is 0 Å². The van der Waals surface area contributed by atoms with Crippen molar-refractivity contribution >= 4 is 0 Å². The summed E-state index contributed by atoms with van der Waals surface area (Å²) in [5.41, 5.74) is 0.652. The van der Waals surface area contributed by atoms with E-state index in [1.807, 2.05) is 0 Å². The highest BCUT2D eigenvalue weighted by Gasteiger charge is 2.45. The van der Waals surface area contributed by atoms with Crippen LogP contribution in [-0.4, -0.2) is 23.5 Å². The minimum atomic E-state index is 0.652. The lowest BCUT2D eigenvalue weighted by atomic mass is 9.88. The van der Waals surface area contributed by atoms with Crippen molar-refractivity contribution in [3.63, 3.8) is 0 Å². The van der Waals surface area contributed by atoms with Gasteiger partial charge in [-0.3, -0.25) is 4.90 Å². The second-order valence-electron chi connectivity index (χ2n) is 4.44. The fraction of sp³-hybridized carbons (Fsp3) is 1.00. The molecular weight excluding hydrogens is 134 g/mol. The standard InChI is InChI=1S/C10H19N/c1-3-10-5-4-6-11(10)8-9(2)7-10/h9H,3-8H2,1-2H3/t9-,10+/m0/s1. The summed E-state index contributed by atoms with van der Waals surface area (Å²) in [6.07, 6.45) is 5.75. The van der Waals surface area contributed by atoms with E-state index in [0.717, 1.165) is 5.92 Å². The zero-order chi connectivity index (χ0) is 7.90. The first-order chi connectivity index (χ1) is 5.27. The molecule has 64 valence electrons. The van der Waals surface area contributed by atoms with Crippen LogP contribution in [0.5, 0.6) is 0 Å². The third-order valence-electron chi connectivity index (χ3n) is 3.66. The normalized spacial score (nSPS) is 44.7. The van der Waals surface area contributed by atoms with E-state index in [0.29, 0.717) is 5.54 Å². The van der Waals surface area contributed by atoms with Gasteiger partial charge in [-0.05, 0) is 38.1 Å². The molecule has 11 heavy (non-hydrogen) atoms. The molecule has 2 atom stereocenters. The largest absolute Gasteiger partial charge is 0.297 e. The molecule has 2 saturated heterocycles. The molecule has 2 fully saturated rings. The van der Waals surface area contributed by atoms with Gasteiger partial charge >= 0.3 is 0 Å². The van der Waals surface area contributed by atoms with E-state index in [1.54, 1.807) is 0 Å². The Bertz CT molecular complexity index is 155. The summed E-state index contributed by atoms with van der Waals surface area (Å²) in [5, 5.41) is 0. The molecule has 0 amide bonds. The van der Waals surface area contributed by atoms with E-state index < -0.39 is 0 Å². The summed E-state index contributed by atoms with van der Waals surface area (Å²) in [5.74, 6) is 0.954. The van der Waals surface area contributed by atoms with E-state index in [9.17, 15) is 0 Å². The van der Waals surface area contributed by atoms with Gasteiger partial charge in [0.15, 0.2) is 0 Å². The fourth-order valence-electron chi connectivity index (χ4n) is 3.14. The number of rotatable bonds is 1. The van der Waals surface area contributed by atoms with Crippen molar-refractivity contribution in [3.8, 4) is 0 Å². The molecular formula is C10H19N. The Morgan fingerprint density at radius 1 is 1.55 bits per heavy atom. The summed E-state index contributed by atoms with van der Waals surface area (Å²) in [6.45, 7) is 7.50. The maximum Gasteiger partial charge on any atom is 0.0210 e. The molecule has 2 aliphatic rings. The summed E-state index contributed by atoms with van der Waals surface area (Å²) < 4.78 is 0. The van der Waals surface area contributed by atoms with Gasteiger partial charge in [0, 0.05) is 12.1 Å². The van der Waals surface area contributed by atoms with Crippen molar-refractivity contribution in [1.82, 2.24) is 4.90 Å². The Morgan fingerprint density at radius 3 is 3.00 bits per heavy atom. The summed E-state index contributed by atoms with van der Waals surface area (Å²) in [6, 6.07) is 0. The predicted molar refractivity (Wildman–Crippen MR) is 47.6 cm³/mol. The molecule has 0 unspecified atom stereocenters. The Kier molecular flexibility index (Phi) is 1.71. The van der Waals surface area contributed by atoms with Gasteiger partial charge in [-0.15, -0.1) is 0 Å². The van der Waals surface area contributed by atoms with Gasteiger partial charge in [-0.1, -0.05) is 13.8 Å². The van der Waals surface area contributed by atoms with Crippen molar-refractivity contribution in [2.75, 3.05) is 13.1 Å². The number of fused-ring (bicyclic) bond motifs is 1. The molecule has 0 aromatic heterocycles. The molecule has 2 aliphatic heterocycles. The van der Waals surface area contributed by atoms with Crippen LogP contribution in [0.25, 0.3) is 0 Å². The molecule has 0 aromatic carbocycles. The van der Waals surface area contributed by atoms with E-state index in [-0.39, 0.29) is 0 Å². The average molecular weight is 153 g/mol. The van der Waals surface area contributed by atoms with Crippen LogP contribution >= 0.6 is 0 Å². The van der Waals surface area contributed by atoms with E-state index in [2.05, 4.69) is 18.7 Å². The van der Waals surface area contributed by atoms with Gasteiger partial charge in [-0.2, -0.15) is 0 Å². The molecule has 0 radical (unpaired) electrons. The average Bonchev–Trinajstić information content (AvgIpc) is 2.43.